The second kappa shape index (κ2) is 7.06. The van der Waals surface area contributed by atoms with Crippen LogP contribution in [-0.4, -0.2) is 35.6 Å². The minimum absolute atomic E-state index is 0.123. The summed E-state index contributed by atoms with van der Waals surface area (Å²) in [6, 6.07) is 1.80. The van der Waals surface area contributed by atoms with E-state index in [0.717, 1.165) is 10.0 Å². The van der Waals surface area contributed by atoms with Gasteiger partial charge in [0.25, 0.3) is 0 Å². The van der Waals surface area contributed by atoms with E-state index in [1.165, 1.54) is 0 Å². The number of hydrogen-bond acceptors (Lipinski definition) is 3. The number of halogens is 4. The number of aliphatic hydroxyl groups is 1. The van der Waals surface area contributed by atoms with Gasteiger partial charge in [0.1, 0.15) is 6.61 Å². The molecule has 7 heteroatoms. The normalized spacial score (nSPS) is 13.6. The molecule has 0 aliphatic heterocycles. The van der Waals surface area contributed by atoms with Crippen molar-refractivity contribution in [2.45, 2.75) is 25.1 Å². The highest BCUT2D eigenvalue weighted by atomic mass is 79.9. The highest BCUT2D eigenvalue weighted by molar-refractivity contribution is 9.10. The van der Waals surface area contributed by atoms with Gasteiger partial charge in [0.05, 0.1) is 6.10 Å². The Morgan fingerprint density at radius 1 is 1.39 bits per heavy atom. The summed E-state index contributed by atoms with van der Waals surface area (Å²) in [5, 5.41) is 9.62. The van der Waals surface area contributed by atoms with Crippen LogP contribution in [0.5, 0.6) is 0 Å². The van der Waals surface area contributed by atoms with E-state index in [2.05, 4.69) is 25.7 Å². The summed E-state index contributed by atoms with van der Waals surface area (Å²) in [5.74, 6) is 0. The first-order valence-corrected chi connectivity index (χ1v) is 6.08. The van der Waals surface area contributed by atoms with Crippen LogP contribution >= 0.6 is 15.9 Å². The Morgan fingerprint density at radius 3 is 2.72 bits per heavy atom. The van der Waals surface area contributed by atoms with Gasteiger partial charge in [-0.1, -0.05) is 0 Å². The minimum Gasteiger partial charge on any atom is -0.393 e. The Morgan fingerprint density at radius 2 is 2.11 bits per heavy atom. The van der Waals surface area contributed by atoms with Crippen LogP contribution in [0.3, 0.4) is 0 Å². The van der Waals surface area contributed by atoms with E-state index in [-0.39, 0.29) is 13.0 Å². The molecule has 0 spiro atoms. The lowest BCUT2D eigenvalue weighted by Gasteiger charge is -2.12. The average molecular weight is 328 g/mol. The zero-order valence-corrected chi connectivity index (χ0v) is 11.0. The third-order valence-corrected chi connectivity index (χ3v) is 2.53. The first kappa shape index (κ1) is 15.4. The number of ether oxygens (including phenoxy) is 1. The molecule has 1 unspecified atom stereocenters. The molecule has 0 bridgehead atoms. The lowest BCUT2D eigenvalue weighted by molar-refractivity contribution is -0.175. The standard InChI is InChI=1S/C11H13BrF3NO2/c12-9-3-8(5-16-6-9)4-10(17)1-2-18-7-11(13,14)15/h3,5-6,10,17H,1-2,4,7H2. The topological polar surface area (TPSA) is 42.4 Å². The monoisotopic (exact) mass is 327 g/mol. The third kappa shape index (κ3) is 6.93. The molecule has 0 radical (unpaired) electrons. The molecular formula is C11H13BrF3NO2. The molecule has 0 saturated carbocycles. The van der Waals surface area contributed by atoms with Crippen LogP contribution in [0.1, 0.15) is 12.0 Å². The average Bonchev–Trinajstić information content (AvgIpc) is 2.23. The second-order valence-corrected chi connectivity index (χ2v) is 4.74. The van der Waals surface area contributed by atoms with Crippen molar-refractivity contribution < 1.29 is 23.0 Å². The van der Waals surface area contributed by atoms with Crippen LogP contribution in [0.15, 0.2) is 22.9 Å². The molecule has 0 amide bonds. The lowest BCUT2D eigenvalue weighted by Crippen LogP contribution is -2.20. The lowest BCUT2D eigenvalue weighted by atomic mass is 10.1. The maximum atomic E-state index is 11.8. The van der Waals surface area contributed by atoms with Gasteiger partial charge in [0.2, 0.25) is 0 Å². The number of hydrogen-bond donors (Lipinski definition) is 1. The maximum absolute atomic E-state index is 11.8. The van der Waals surface area contributed by atoms with Crippen LogP contribution in [0.25, 0.3) is 0 Å². The van der Waals surface area contributed by atoms with Gasteiger partial charge in [-0.25, -0.2) is 0 Å². The van der Waals surface area contributed by atoms with Crippen molar-refractivity contribution in [3.63, 3.8) is 0 Å². The molecule has 3 nitrogen and oxygen atoms in total. The minimum atomic E-state index is -4.32. The molecule has 0 fully saturated rings. The molecule has 1 heterocycles. The van der Waals surface area contributed by atoms with E-state index in [4.69, 9.17) is 0 Å². The smallest absolute Gasteiger partial charge is 0.393 e. The molecule has 1 rings (SSSR count). The van der Waals surface area contributed by atoms with Gasteiger partial charge in [-0.15, -0.1) is 0 Å². The summed E-state index contributed by atoms with van der Waals surface area (Å²) in [5.41, 5.74) is 0.813. The first-order valence-electron chi connectivity index (χ1n) is 5.29. The SMILES string of the molecule is OC(CCOCC(F)(F)F)Cc1cncc(Br)c1. The van der Waals surface area contributed by atoms with E-state index >= 15 is 0 Å². The molecule has 102 valence electrons. The van der Waals surface area contributed by atoms with Crippen molar-refractivity contribution in [3.8, 4) is 0 Å². The predicted molar refractivity (Wildman–Crippen MR) is 63.1 cm³/mol. The Balaban J connectivity index is 2.24. The fourth-order valence-corrected chi connectivity index (χ4v) is 1.76. The number of nitrogens with zero attached hydrogens (tertiary/aromatic N) is 1. The van der Waals surface area contributed by atoms with E-state index in [9.17, 15) is 18.3 Å². The molecule has 0 aliphatic rings. The van der Waals surface area contributed by atoms with Gasteiger partial charge in [-0.2, -0.15) is 13.2 Å². The summed E-state index contributed by atoms with van der Waals surface area (Å²) in [6.45, 7) is -1.40. The first-order chi connectivity index (χ1) is 8.37. The van der Waals surface area contributed by atoms with Gasteiger partial charge in [0, 0.05) is 23.5 Å². The zero-order valence-electron chi connectivity index (χ0n) is 9.45. The van der Waals surface area contributed by atoms with Crippen molar-refractivity contribution in [3.05, 3.63) is 28.5 Å². The number of aromatic nitrogens is 1. The summed E-state index contributed by atoms with van der Waals surface area (Å²) in [4.78, 5) is 3.93. The van der Waals surface area contributed by atoms with Gasteiger partial charge >= 0.3 is 6.18 Å². The second-order valence-electron chi connectivity index (χ2n) is 3.83. The Labute approximate surface area is 111 Å². The third-order valence-electron chi connectivity index (χ3n) is 2.09. The van der Waals surface area contributed by atoms with E-state index in [0.29, 0.717) is 6.42 Å². The largest absolute Gasteiger partial charge is 0.411 e. The summed E-state index contributed by atoms with van der Waals surface area (Å²) in [6.07, 6.45) is -1.36. The Hall–Kier alpha value is -0.660. The molecule has 0 aliphatic carbocycles. The van der Waals surface area contributed by atoms with E-state index in [1.807, 2.05) is 0 Å². The van der Waals surface area contributed by atoms with Crippen LogP contribution < -0.4 is 0 Å². The highest BCUT2D eigenvalue weighted by Crippen LogP contribution is 2.15. The van der Waals surface area contributed by atoms with Crippen molar-refractivity contribution >= 4 is 15.9 Å². The van der Waals surface area contributed by atoms with Crippen LogP contribution in [0.4, 0.5) is 13.2 Å². The predicted octanol–water partition coefficient (Wildman–Crippen LogP) is 2.72. The van der Waals surface area contributed by atoms with Crippen molar-refractivity contribution in [1.82, 2.24) is 4.98 Å². The van der Waals surface area contributed by atoms with Crippen LogP contribution in [-0.2, 0) is 11.2 Å². The van der Waals surface area contributed by atoms with Crippen molar-refractivity contribution in [2.75, 3.05) is 13.2 Å². The van der Waals surface area contributed by atoms with Gasteiger partial charge in [0.15, 0.2) is 0 Å². The van der Waals surface area contributed by atoms with E-state index in [1.54, 1.807) is 18.5 Å². The summed E-state index contributed by atoms with van der Waals surface area (Å²) >= 11 is 3.24. The molecule has 0 saturated heterocycles. The number of rotatable bonds is 6. The molecular weight excluding hydrogens is 315 g/mol. The highest BCUT2D eigenvalue weighted by Gasteiger charge is 2.27. The zero-order chi connectivity index (χ0) is 13.6. The van der Waals surface area contributed by atoms with E-state index < -0.39 is 18.9 Å². The van der Waals surface area contributed by atoms with Gasteiger partial charge in [-0.05, 0) is 40.4 Å². The molecule has 1 atom stereocenters. The maximum Gasteiger partial charge on any atom is 0.411 e. The Kier molecular flexibility index (Phi) is 6.04. The fourth-order valence-electron chi connectivity index (χ4n) is 1.35. The van der Waals surface area contributed by atoms with Crippen molar-refractivity contribution in [1.29, 1.82) is 0 Å². The van der Waals surface area contributed by atoms with Crippen molar-refractivity contribution in [2.24, 2.45) is 0 Å². The van der Waals surface area contributed by atoms with Gasteiger partial charge in [-0.3, -0.25) is 4.98 Å². The molecule has 1 aromatic rings. The van der Waals surface area contributed by atoms with Crippen LogP contribution in [0.2, 0.25) is 0 Å². The molecule has 18 heavy (non-hydrogen) atoms. The summed E-state index contributed by atoms with van der Waals surface area (Å²) < 4.78 is 40.5. The van der Waals surface area contributed by atoms with Crippen LogP contribution in [0, 0.1) is 0 Å². The molecule has 0 aromatic carbocycles. The molecule has 1 N–H and O–H groups in total. The fraction of sp³-hybridized carbons (Fsp3) is 0.545. The number of pyridine rings is 1. The number of alkyl halides is 3. The molecule has 1 aromatic heterocycles. The number of aliphatic hydroxyl groups excluding tert-OH is 1. The summed E-state index contributed by atoms with van der Waals surface area (Å²) in [7, 11) is 0. The quantitative estimate of drug-likeness (QED) is 0.817. The van der Waals surface area contributed by atoms with Gasteiger partial charge < -0.3 is 9.84 Å². The Bertz CT molecular complexity index is 374.